The molecule has 1 saturated heterocycles. The molecule has 4 heterocycles. The molecule has 2 aromatic rings. The minimum Gasteiger partial charge on any atom is -0.335 e. The van der Waals surface area contributed by atoms with Crippen LogP contribution in [0.4, 0.5) is 0 Å². The summed E-state index contributed by atoms with van der Waals surface area (Å²) in [5.74, 6) is 2.24. The van der Waals surface area contributed by atoms with E-state index < -0.39 is 0 Å². The predicted octanol–water partition coefficient (Wildman–Crippen LogP) is 1.52. The van der Waals surface area contributed by atoms with Crippen molar-refractivity contribution >= 4 is 17.2 Å². The average molecular weight is 331 g/mol. The Morgan fingerprint density at radius 2 is 2.04 bits per heavy atom. The van der Waals surface area contributed by atoms with Gasteiger partial charge >= 0.3 is 0 Å². The van der Waals surface area contributed by atoms with E-state index in [1.807, 2.05) is 4.90 Å². The number of thiophene rings is 1. The molecular formula is C16H21N5OS. The molecule has 2 aromatic heterocycles. The van der Waals surface area contributed by atoms with E-state index in [2.05, 4.69) is 36.5 Å². The highest BCUT2D eigenvalue weighted by Gasteiger charge is 2.24. The Kier molecular flexibility index (Phi) is 4.13. The highest BCUT2D eigenvalue weighted by atomic mass is 32.1. The third-order valence-electron chi connectivity index (χ3n) is 4.69. The Hall–Kier alpha value is -1.73. The van der Waals surface area contributed by atoms with Crippen LogP contribution in [0.25, 0.3) is 0 Å². The molecule has 2 aliphatic heterocycles. The molecule has 122 valence electrons. The maximum absolute atomic E-state index is 11.8. The Labute approximate surface area is 139 Å². The zero-order valence-electron chi connectivity index (χ0n) is 13.1. The van der Waals surface area contributed by atoms with Crippen LogP contribution in [0, 0.1) is 0 Å². The SMILES string of the molecule is O=C1CCCN1Cc1nnc2n1CCN(Cc1ccsc1)CC2. The third-order valence-corrected chi connectivity index (χ3v) is 5.42. The van der Waals surface area contributed by atoms with Gasteiger partial charge in [0.15, 0.2) is 5.82 Å². The van der Waals surface area contributed by atoms with Crippen molar-refractivity contribution in [2.45, 2.75) is 38.9 Å². The van der Waals surface area contributed by atoms with Crippen LogP contribution in [0.2, 0.25) is 0 Å². The normalized spacial score (nSPS) is 19.1. The Morgan fingerprint density at radius 1 is 1.09 bits per heavy atom. The zero-order valence-corrected chi connectivity index (χ0v) is 14.0. The first-order chi connectivity index (χ1) is 11.3. The molecule has 0 aromatic carbocycles. The Morgan fingerprint density at radius 3 is 2.83 bits per heavy atom. The van der Waals surface area contributed by atoms with Gasteiger partial charge in [0.25, 0.3) is 0 Å². The molecule has 0 saturated carbocycles. The fourth-order valence-electron chi connectivity index (χ4n) is 3.38. The quantitative estimate of drug-likeness (QED) is 0.852. The molecule has 0 bridgehead atoms. The van der Waals surface area contributed by atoms with Crippen molar-refractivity contribution in [2.75, 3.05) is 19.6 Å². The van der Waals surface area contributed by atoms with Gasteiger partial charge in [-0.2, -0.15) is 11.3 Å². The van der Waals surface area contributed by atoms with Crippen LogP contribution in [-0.2, 0) is 30.8 Å². The molecule has 0 aliphatic carbocycles. The number of hydrogen-bond acceptors (Lipinski definition) is 5. The number of hydrogen-bond donors (Lipinski definition) is 0. The number of carbonyl (C=O) groups is 1. The number of amides is 1. The summed E-state index contributed by atoms with van der Waals surface area (Å²) in [6.07, 6.45) is 2.56. The molecule has 0 spiro atoms. The van der Waals surface area contributed by atoms with E-state index in [4.69, 9.17) is 0 Å². The third kappa shape index (κ3) is 3.16. The number of aromatic nitrogens is 3. The highest BCUT2D eigenvalue weighted by molar-refractivity contribution is 7.07. The van der Waals surface area contributed by atoms with E-state index in [1.54, 1.807) is 11.3 Å². The van der Waals surface area contributed by atoms with E-state index in [-0.39, 0.29) is 5.91 Å². The topological polar surface area (TPSA) is 54.3 Å². The smallest absolute Gasteiger partial charge is 0.223 e. The predicted molar refractivity (Wildman–Crippen MR) is 88.0 cm³/mol. The summed E-state index contributed by atoms with van der Waals surface area (Å²) in [7, 11) is 0. The van der Waals surface area contributed by atoms with Gasteiger partial charge in [-0.15, -0.1) is 10.2 Å². The average Bonchev–Trinajstić information content (AvgIpc) is 3.24. The van der Waals surface area contributed by atoms with Gasteiger partial charge in [-0.05, 0) is 28.8 Å². The molecule has 0 radical (unpaired) electrons. The van der Waals surface area contributed by atoms with E-state index in [1.165, 1.54) is 5.56 Å². The minimum atomic E-state index is 0.245. The summed E-state index contributed by atoms with van der Waals surface area (Å²) >= 11 is 1.75. The number of carbonyl (C=O) groups excluding carboxylic acids is 1. The summed E-state index contributed by atoms with van der Waals surface area (Å²) in [5.41, 5.74) is 1.38. The van der Waals surface area contributed by atoms with Crippen LogP contribution in [0.1, 0.15) is 30.1 Å². The van der Waals surface area contributed by atoms with Crippen molar-refractivity contribution in [3.05, 3.63) is 34.0 Å². The fraction of sp³-hybridized carbons (Fsp3) is 0.562. The molecule has 2 aliphatic rings. The van der Waals surface area contributed by atoms with Crippen LogP contribution < -0.4 is 0 Å². The summed E-state index contributed by atoms with van der Waals surface area (Å²) < 4.78 is 2.22. The second-order valence-electron chi connectivity index (χ2n) is 6.26. The lowest BCUT2D eigenvalue weighted by Crippen LogP contribution is -2.28. The zero-order chi connectivity index (χ0) is 15.6. The van der Waals surface area contributed by atoms with E-state index in [0.29, 0.717) is 13.0 Å². The van der Waals surface area contributed by atoms with Crippen molar-refractivity contribution < 1.29 is 4.79 Å². The van der Waals surface area contributed by atoms with Gasteiger partial charge in [0.05, 0.1) is 6.54 Å². The van der Waals surface area contributed by atoms with Gasteiger partial charge in [0, 0.05) is 45.6 Å². The van der Waals surface area contributed by atoms with Crippen LogP contribution in [-0.4, -0.2) is 50.1 Å². The molecule has 6 nitrogen and oxygen atoms in total. The second kappa shape index (κ2) is 6.41. The molecule has 0 N–H and O–H groups in total. The molecule has 7 heteroatoms. The van der Waals surface area contributed by atoms with Gasteiger partial charge in [-0.1, -0.05) is 0 Å². The molecule has 1 amide bonds. The van der Waals surface area contributed by atoms with Crippen molar-refractivity contribution in [3.63, 3.8) is 0 Å². The lowest BCUT2D eigenvalue weighted by molar-refractivity contribution is -0.128. The number of rotatable bonds is 4. The number of nitrogens with zero attached hydrogens (tertiary/aromatic N) is 5. The molecule has 23 heavy (non-hydrogen) atoms. The molecule has 4 rings (SSSR count). The van der Waals surface area contributed by atoms with Gasteiger partial charge in [0.1, 0.15) is 5.82 Å². The van der Waals surface area contributed by atoms with Crippen LogP contribution in [0.3, 0.4) is 0 Å². The van der Waals surface area contributed by atoms with E-state index in [9.17, 15) is 4.79 Å². The lowest BCUT2D eigenvalue weighted by atomic mass is 10.3. The molecular weight excluding hydrogens is 310 g/mol. The second-order valence-corrected chi connectivity index (χ2v) is 7.04. The van der Waals surface area contributed by atoms with Crippen LogP contribution in [0.15, 0.2) is 16.8 Å². The van der Waals surface area contributed by atoms with Crippen molar-refractivity contribution in [1.82, 2.24) is 24.6 Å². The Bertz CT molecular complexity index is 681. The maximum Gasteiger partial charge on any atom is 0.223 e. The largest absolute Gasteiger partial charge is 0.335 e. The summed E-state index contributed by atoms with van der Waals surface area (Å²) in [6, 6.07) is 2.19. The van der Waals surface area contributed by atoms with Crippen molar-refractivity contribution in [3.8, 4) is 0 Å². The molecule has 0 unspecified atom stereocenters. The van der Waals surface area contributed by atoms with E-state index in [0.717, 1.165) is 57.2 Å². The van der Waals surface area contributed by atoms with Crippen LogP contribution in [0.5, 0.6) is 0 Å². The molecule has 0 atom stereocenters. The summed E-state index contributed by atoms with van der Waals surface area (Å²) in [4.78, 5) is 16.2. The maximum atomic E-state index is 11.8. The van der Waals surface area contributed by atoms with E-state index >= 15 is 0 Å². The summed E-state index contributed by atoms with van der Waals surface area (Å²) in [5, 5.41) is 13.1. The van der Waals surface area contributed by atoms with Crippen molar-refractivity contribution in [2.24, 2.45) is 0 Å². The standard InChI is InChI=1S/C16H21N5OS/c22-16-2-1-5-20(16)11-15-18-17-14-3-6-19(7-8-21(14)15)10-13-4-9-23-12-13/h4,9,12H,1-3,5-8,10-11H2. The first-order valence-corrected chi connectivity index (χ1v) is 9.16. The van der Waals surface area contributed by atoms with Gasteiger partial charge in [-0.3, -0.25) is 9.69 Å². The highest BCUT2D eigenvalue weighted by Crippen LogP contribution is 2.17. The van der Waals surface area contributed by atoms with Gasteiger partial charge < -0.3 is 9.47 Å². The lowest BCUT2D eigenvalue weighted by Gasteiger charge is -2.19. The number of likely N-dealkylation sites (tertiary alicyclic amines) is 1. The fourth-order valence-corrected chi connectivity index (χ4v) is 4.04. The monoisotopic (exact) mass is 331 g/mol. The van der Waals surface area contributed by atoms with Gasteiger partial charge in [-0.25, -0.2) is 0 Å². The van der Waals surface area contributed by atoms with Crippen LogP contribution >= 0.6 is 11.3 Å². The van der Waals surface area contributed by atoms with Gasteiger partial charge in [0.2, 0.25) is 5.91 Å². The first-order valence-electron chi connectivity index (χ1n) is 8.22. The summed E-state index contributed by atoms with van der Waals surface area (Å²) in [6.45, 7) is 5.38. The minimum absolute atomic E-state index is 0.245. The van der Waals surface area contributed by atoms with Crippen molar-refractivity contribution in [1.29, 1.82) is 0 Å². The molecule has 1 fully saturated rings. The number of fused-ring (bicyclic) bond motifs is 1. The Balaban J connectivity index is 1.43. The first kappa shape index (κ1) is 14.8.